The van der Waals surface area contributed by atoms with Gasteiger partial charge in [0, 0.05) is 36.0 Å². The SMILES string of the molecule is COc1cc(C2CC(C=C(N)/C=C/c3ccc(O)c(CO)c3)=NCCN2)ccc1O. The summed E-state index contributed by atoms with van der Waals surface area (Å²) in [5.41, 5.74) is 9.89. The van der Waals surface area contributed by atoms with Gasteiger partial charge in [0.1, 0.15) is 5.75 Å². The lowest BCUT2D eigenvalue weighted by molar-refractivity contribution is 0.275. The third-order valence-electron chi connectivity index (χ3n) is 4.91. The Bertz CT molecular complexity index is 982. The lowest BCUT2D eigenvalue weighted by atomic mass is 10.00. The first-order valence-corrected chi connectivity index (χ1v) is 9.71. The highest BCUT2D eigenvalue weighted by molar-refractivity contribution is 5.96. The average Bonchev–Trinajstić information content (AvgIpc) is 2.99. The fourth-order valence-electron chi connectivity index (χ4n) is 3.30. The Morgan fingerprint density at radius 1 is 1.23 bits per heavy atom. The number of hydrogen-bond donors (Lipinski definition) is 5. The maximum Gasteiger partial charge on any atom is 0.160 e. The van der Waals surface area contributed by atoms with Crippen LogP contribution in [0, 0.1) is 0 Å². The molecule has 7 heteroatoms. The molecule has 1 unspecified atom stereocenters. The number of nitrogens with two attached hydrogens (primary N) is 1. The number of aliphatic hydroxyl groups excluding tert-OH is 1. The Morgan fingerprint density at radius 2 is 2.03 bits per heavy atom. The van der Waals surface area contributed by atoms with Crippen molar-refractivity contribution in [3.63, 3.8) is 0 Å². The Morgan fingerprint density at radius 3 is 2.80 bits per heavy atom. The van der Waals surface area contributed by atoms with Crippen LogP contribution in [0.1, 0.15) is 29.2 Å². The number of ether oxygens (including phenoxy) is 1. The minimum Gasteiger partial charge on any atom is -0.508 e. The number of benzene rings is 2. The molecule has 0 spiro atoms. The summed E-state index contributed by atoms with van der Waals surface area (Å²) in [6.07, 6.45) is 6.09. The lowest BCUT2D eigenvalue weighted by Crippen LogP contribution is -2.23. The fraction of sp³-hybridized carbons (Fsp3) is 0.261. The summed E-state index contributed by atoms with van der Waals surface area (Å²) >= 11 is 0. The number of allylic oxidation sites excluding steroid dienone is 2. The van der Waals surface area contributed by atoms with E-state index in [1.807, 2.05) is 24.3 Å². The van der Waals surface area contributed by atoms with Crippen molar-refractivity contribution in [3.05, 3.63) is 70.9 Å². The van der Waals surface area contributed by atoms with Crippen LogP contribution in [0.5, 0.6) is 17.2 Å². The molecule has 0 bridgehead atoms. The van der Waals surface area contributed by atoms with Gasteiger partial charge in [-0.25, -0.2) is 0 Å². The monoisotopic (exact) mass is 409 g/mol. The van der Waals surface area contributed by atoms with E-state index in [-0.39, 0.29) is 24.1 Å². The van der Waals surface area contributed by atoms with Crippen LogP contribution in [-0.4, -0.2) is 41.2 Å². The van der Waals surface area contributed by atoms with Crippen LogP contribution in [0.4, 0.5) is 0 Å². The van der Waals surface area contributed by atoms with E-state index in [0.717, 1.165) is 23.4 Å². The maximum absolute atomic E-state index is 9.83. The van der Waals surface area contributed by atoms with Crippen LogP contribution < -0.4 is 15.8 Å². The van der Waals surface area contributed by atoms with Crippen LogP contribution in [0.15, 0.2) is 59.2 Å². The zero-order valence-corrected chi connectivity index (χ0v) is 16.9. The number of methoxy groups -OCH3 is 1. The minimum absolute atomic E-state index is 0.0259. The van der Waals surface area contributed by atoms with Gasteiger partial charge in [0.05, 0.1) is 20.3 Å². The van der Waals surface area contributed by atoms with Gasteiger partial charge < -0.3 is 31.1 Å². The van der Waals surface area contributed by atoms with Crippen LogP contribution in [0.2, 0.25) is 0 Å². The number of rotatable bonds is 6. The van der Waals surface area contributed by atoms with E-state index in [0.29, 0.717) is 30.0 Å². The van der Waals surface area contributed by atoms with Gasteiger partial charge in [-0.15, -0.1) is 0 Å². The number of nitrogens with one attached hydrogen (secondary N) is 1. The molecule has 7 nitrogen and oxygen atoms in total. The Labute approximate surface area is 175 Å². The van der Waals surface area contributed by atoms with Crippen molar-refractivity contribution >= 4 is 11.8 Å². The molecule has 3 rings (SSSR count). The second kappa shape index (κ2) is 9.96. The highest BCUT2D eigenvalue weighted by Crippen LogP contribution is 2.30. The van der Waals surface area contributed by atoms with Crippen LogP contribution in [-0.2, 0) is 6.61 Å². The highest BCUT2D eigenvalue weighted by atomic mass is 16.5. The van der Waals surface area contributed by atoms with E-state index in [2.05, 4.69) is 10.3 Å². The summed E-state index contributed by atoms with van der Waals surface area (Å²) in [4.78, 5) is 4.61. The average molecular weight is 409 g/mol. The van der Waals surface area contributed by atoms with Crippen LogP contribution in [0.25, 0.3) is 6.08 Å². The summed E-state index contributed by atoms with van der Waals surface area (Å²) in [5, 5.41) is 32.2. The van der Waals surface area contributed by atoms with Crippen molar-refractivity contribution < 1.29 is 20.1 Å². The number of aromatic hydroxyl groups is 2. The van der Waals surface area contributed by atoms with Gasteiger partial charge >= 0.3 is 0 Å². The Balaban J connectivity index is 1.74. The van der Waals surface area contributed by atoms with E-state index in [1.54, 1.807) is 30.3 Å². The third-order valence-corrected chi connectivity index (χ3v) is 4.91. The van der Waals surface area contributed by atoms with Crippen molar-refractivity contribution in [1.29, 1.82) is 0 Å². The number of nitrogens with zero attached hydrogens (tertiary/aromatic N) is 1. The summed E-state index contributed by atoms with van der Waals surface area (Å²) in [7, 11) is 1.53. The van der Waals surface area contributed by atoms with E-state index in [1.165, 1.54) is 7.11 Å². The molecule has 0 saturated carbocycles. The van der Waals surface area contributed by atoms with E-state index >= 15 is 0 Å². The Kier molecular flexibility index (Phi) is 7.11. The maximum atomic E-state index is 9.83. The molecule has 6 N–H and O–H groups in total. The zero-order chi connectivity index (χ0) is 21.5. The Hall–Kier alpha value is -3.29. The smallest absolute Gasteiger partial charge is 0.160 e. The van der Waals surface area contributed by atoms with Gasteiger partial charge in [-0.1, -0.05) is 18.2 Å². The summed E-state index contributed by atoms with van der Waals surface area (Å²) in [5.74, 6) is 0.609. The van der Waals surface area contributed by atoms with E-state index in [4.69, 9.17) is 10.5 Å². The van der Waals surface area contributed by atoms with Crippen molar-refractivity contribution in [2.24, 2.45) is 10.7 Å². The molecule has 1 aliphatic rings. The van der Waals surface area contributed by atoms with Gasteiger partial charge in [-0.3, -0.25) is 4.99 Å². The van der Waals surface area contributed by atoms with Gasteiger partial charge in [0.15, 0.2) is 11.5 Å². The standard InChI is InChI=1S/C23H27N3O4/c1-30-23-11-16(4-7-22(23)29)20-13-19(25-8-9-26-20)12-18(24)5-2-15-3-6-21(28)17(10-15)14-27/h2-7,10-12,20,26-29H,8-9,13-14,24H2,1H3/b5-2+,18-12?. The minimum atomic E-state index is -0.230. The largest absolute Gasteiger partial charge is 0.508 e. The molecular weight excluding hydrogens is 382 g/mol. The summed E-state index contributed by atoms with van der Waals surface area (Å²) in [6, 6.07) is 10.4. The zero-order valence-electron chi connectivity index (χ0n) is 16.9. The number of phenols is 2. The first kappa shape index (κ1) is 21.4. The molecule has 30 heavy (non-hydrogen) atoms. The van der Waals surface area contributed by atoms with Gasteiger partial charge in [0.25, 0.3) is 0 Å². The first-order chi connectivity index (χ1) is 14.5. The number of phenolic OH excluding ortho intramolecular Hbond substituents is 1. The molecule has 0 radical (unpaired) electrons. The molecule has 0 aromatic heterocycles. The molecule has 0 aliphatic carbocycles. The molecule has 0 amide bonds. The van der Waals surface area contributed by atoms with Crippen molar-refractivity contribution in [2.75, 3.05) is 20.2 Å². The third kappa shape index (κ3) is 5.40. The topological polar surface area (TPSA) is 120 Å². The second-order valence-electron chi connectivity index (χ2n) is 7.04. The molecule has 1 atom stereocenters. The van der Waals surface area contributed by atoms with Gasteiger partial charge in [-0.05, 0) is 47.5 Å². The first-order valence-electron chi connectivity index (χ1n) is 9.71. The summed E-state index contributed by atoms with van der Waals surface area (Å²) < 4.78 is 5.22. The molecule has 0 saturated heterocycles. The number of aliphatic imine (C=N–C) groups is 1. The predicted molar refractivity (Wildman–Crippen MR) is 118 cm³/mol. The van der Waals surface area contributed by atoms with Crippen LogP contribution in [0.3, 0.4) is 0 Å². The molecule has 1 heterocycles. The fourth-order valence-corrected chi connectivity index (χ4v) is 3.30. The molecule has 2 aromatic rings. The molecule has 2 aromatic carbocycles. The van der Waals surface area contributed by atoms with Crippen molar-refractivity contribution in [3.8, 4) is 17.2 Å². The van der Waals surface area contributed by atoms with Gasteiger partial charge in [0.2, 0.25) is 0 Å². The van der Waals surface area contributed by atoms with Gasteiger partial charge in [-0.2, -0.15) is 0 Å². The van der Waals surface area contributed by atoms with Crippen LogP contribution >= 0.6 is 0 Å². The molecule has 1 aliphatic heterocycles. The van der Waals surface area contributed by atoms with Crippen molar-refractivity contribution in [1.82, 2.24) is 5.32 Å². The lowest BCUT2D eigenvalue weighted by Gasteiger charge is -2.18. The summed E-state index contributed by atoms with van der Waals surface area (Å²) in [6.45, 7) is 1.15. The number of aliphatic hydroxyl groups is 1. The normalized spacial score (nSPS) is 17.6. The highest BCUT2D eigenvalue weighted by Gasteiger charge is 2.17. The number of hydrogen-bond acceptors (Lipinski definition) is 7. The quantitative estimate of drug-likeness (QED) is 0.468. The van der Waals surface area contributed by atoms with Crippen molar-refractivity contribution in [2.45, 2.75) is 19.1 Å². The van der Waals surface area contributed by atoms with E-state index < -0.39 is 0 Å². The predicted octanol–water partition coefficient (Wildman–Crippen LogP) is 2.63. The molecule has 0 fully saturated rings. The van der Waals surface area contributed by atoms with E-state index in [9.17, 15) is 15.3 Å². The molecular formula is C23H27N3O4. The second-order valence-corrected chi connectivity index (χ2v) is 7.04. The molecule has 158 valence electrons.